The van der Waals surface area contributed by atoms with Crippen molar-refractivity contribution in [2.75, 3.05) is 35.2 Å². The first-order chi connectivity index (χ1) is 25.9. The summed E-state index contributed by atoms with van der Waals surface area (Å²) in [7, 11) is 0. The number of amides is 5. The van der Waals surface area contributed by atoms with E-state index in [1.54, 1.807) is 54.6 Å². The van der Waals surface area contributed by atoms with E-state index >= 15 is 0 Å². The third-order valence-electron chi connectivity index (χ3n) is 9.36. The highest BCUT2D eigenvalue weighted by molar-refractivity contribution is 6.41. The molecule has 3 heterocycles. The van der Waals surface area contributed by atoms with Crippen LogP contribution in [0.15, 0.2) is 73.1 Å². The van der Waals surface area contributed by atoms with E-state index < -0.39 is 41.8 Å². The number of piperazine rings is 1. The van der Waals surface area contributed by atoms with E-state index in [0.717, 1.165) is 6.42 Å². The standard InChI is InChI=1S/C36H37ClN10O7/c1-3-20(2)28(18-48)42-36(54)40-24-7-4-21(5-8-24)14-31(32(49)39-25-9-10-26-22(15-25)16-27(41-26)35(52)53)46-13-12-45(33(50)34(46)51)30-17-23(37)6-11-29(30)47-19-38-43-44-47/h4-11,15-17,19-20,28,31,41,48H,3,12-14,18H2,1-2H3,(H,39,49)(H,52,53)(H2,40,42,54)/t20-,28+,31-/m0/s1. The maximum Gasteiger partial charge on any atom is 0.352 e. The molecule has 0 bridgehead atoms. The van der Waals surface area contributed by atoms with Gasteiger partial charge in [0.1, 0.15) is 18.1 Å². The van der Waals surface area contributed by atoms with E-state index in [0.29, 0.717) is 44.2 Å². The summed E-state index contributed by atoms with van der Waals surface area (Å²) in [6.07, 6.45) is 2.11. The summed E-state index contributed by atoms with van der Waals surface area (Å²) in [5.41, 5.74) is 2.67. The van der Waals surface area contributed by atoms with Gasteiger partial charge in [-0.05, 0) is 76.5 Å². The Kier molecular flexibility index (Phi) is 11.2. The zero-order valence-corrected chi connectivity index (χ0v) is 29.9. The lowest BCUT2D eigenvalue weighted by molar-refractivity contribution is -0.149. The number of H-pyrrole nitrogens is 1. The van der Waals surface area contributed by atoms with Gasteiger partial charge in [-0.3, -0.25) is 14.4 Å². The number of hydrogen-bond acceptors (Lipinski definition) is 9. The number of tetrazole rings is 1. The van der Waals surface area contributed by atoms with Crippen molar-refractivity contribution in [1.29, 1.82) is 0 Å². The Morgan fingerprint density at radius 3 is 2.39 bits per heavy atom. The fraction of sp³-hybridized carbons (Fsp3) is 0.278. The van der Waals surface area contributed by atoms with Crippen LogP contribution in [0.25, 0.3) is 16.6 Å². The molecule has 54 heavy (non-hydrogen) atoms. The van der Waals surface area contributed by atoms with Crippen molar-refractivity contribution in [3.63, 3.8) is 0 Å². The fourth-order valence-corrected chi connectivity index (χ4v) is 6.35. The van der Waals surface area contributed by atoms with Crippen LogP contribution in [-0.2, 0) is 20.8 Å². The normalized spacial score (nSPS) is 14.8. The lowest BCUT2D eigenvalue weighted by Crippen LogP contribution is -2.60. The number of halogens is 1. The van der Waals surface area contributed by atoms with E-state index in [4.69, 9.17) is 11.6 Å². The third kappa shape index (κ3) is 8.16. The fourth-order valence-electron chi connectivity index (χ4n) is 6.19. The minimum atomic E-state index is -1.17. The summed E-state index contributed by atoms with van der Waals surface area (Å²) >= 11 is 6.29. The van der Waals surface area contributed by atoms with Crippen LogP contribution < -0.4 is 20.9 Å². The molecule has 1 aliphatic rings. The van der Waals surface area contributed by atoms with Gasteiger partial charge in [0.25, 0.3) is 0 Å². The highest BCUT2D eigenvalue weighted by Gasteiger charge is 2.40. The molecule has 1 saturated heterocycles. The molecule has 5 amide bonds. The van der Waals surface area contributed by atoms with Gasteiger partial charge in [0.2, 0.25) is 5.91 Å². The minimum absolute atomic E-state index is 0.000529. The summed E-state index contributed by atoms with van der Waals surface area (Å²) < 4.78 is 1.34. The number of nitrogens with one attached hydrogen (secondary N) is 4. The third-order valence-corrected chi connectivity index (χ3v) is 9.60. The molecule has 6 N–H and O–H groups in total. The Balaban J connectivity index is 1.25. The molecule has 0 radical (unpaired) electrons. The predicted molar refractivity (Wildman–Crippen MR) is 199 cm³/mol. The van der Waals surface area contributed by atoms with Crippen LogP contribution in [-0.4, -0.2) is 102 Å². The zero-order valence-electron chi connectivity index (χ0n) is 29.2. The van der Waals surface area contributed by atoms with Crippen molar-refractivity contribution < 1.29 is 34.2 Å². The predicted octanol–water partition coefficient (Wildman–Crippen LogP) is 3.45. The van der Waals surface area contributed by atoms with Crippen molar-refractivity contribution in [3.8, 4) is 5.69 Å². The summed E-state index contributed by atoms with van der Waals surface area (Å²) in [5, 5.41) is 39.5. The zero-order chi connectivity index (χ0) is 38.5. The van der Waals surface area contributed by atoms with E-state index in [2.05, 4.69) is 36.5 Å². The maximum absolute atomic E-state index is 14.1. The Bertz CT molecular complexity index is 2190. The smallest absolute Gasteiger partial charge is 0.352 e. The van der Waals surface area contributed by atoms with Crippen LogP contribution in [0.2, 0.25) is 5.02 Å². The van der Waals surface area contributed by atoms with Crippen LogP contribution in [0.5, 0.6) is 0 Å². The topological polar surface area (TPSA) is 228 Å². The Morgan fingerprint density at radius 2 is 1.70 bits per heavy atom. The number of benzene rings is 3. The van der Waals surface area contributed by atoms with Gasteiger partial charge in [-0.15, -0.1) is 5.10 Å². The van der Waals surface area contributed by atoms with Crippen molar-refractivity contribution in [2.24, 2.45) is 5.92 Å². The average Bonchev–Trinajstić information content (AvgIpc) is 3.85. The van der Waals surface area contributed by atoms with Gasteiger partial charge < -0.3 is 40.9 Å². The molecule has 5 aromatic rings. The Hall–Kier alpha value is -6.33. The molecule has 3 aromatic carbocycles. The largest absolute Gasteiger partial charge is 0.477 e. The van der Waals surface area contributed by atoms with Gasteiger partial charge in [-0.25, -0.2) is 9.59 Å². The molecule has 0 aliphatic carbocycles. The number of hydrogen-bond donors (Lipinski definition) is 6. The van der Waals surface area contributed by atoms with E-state index in [9.17, 15) is 34.2 Å². The molecule has 18 heteroatoms. The molecule has 0 spiro atoms. The average molecular weight is 757 g/mol. The van der Waals surface area contributed by atoms with Gasteiger partial charge in [-0.2, -0.15) is 4.68 Å². The number of urea groups is 1. The minimum Gasteiger partial charge on any atom is -0.477 e. The SMILES string of the molecule is CC[C@H](C)[C@@H](CO)NC(=O)Nc1ccc(C[C@@H](C(=O)Nc2ccc3[nH]c(C(=O)O)cc3c2)N2CCN(c3cc(Cl)ccc3-n3cnnn3)C(=O)C2=O)cc1. The lowest BCUT2D eigenvalue weighted by atomic mass is 10.0. The first-order valence-electron chi connectivity index (χ1n) is 17.0. The summed E-state index contributed by atoms with van der Waals surface area (Å²) in [4.78, 5) is 71.2. The second-order valence-corrected chi connectivity index (χ2v) is 13.2. The quantitative estimate of drug-likeness (QED) is 0.0959. The summed E-state index contributed by atoms with van der Waals surface area (Å²) in [6.45, 7) is 3.68. The number of carbonyl (C=O) groups is 5. The molecule has 3 atom stereocenters. The molecule has 1 fully saturated rings. The van der Waals surface area contributed by atoms with Crippen LogP contribution >= 0.6 is 11.6 Å². The highest BCUT2D eigenvalue weighted by Crippen LogP contribution is 2.30. The number of carboxylic acids is 1. The monoisotopic (exact) mass is 756 g/mol. The van der Waals surface area contributed by atoms with Crippen LogP contribution in [0.4, 0.5) is 21.9 Å². The molecule has 6 rings (SSSR count). The van der Waals surface area contributed by atoms with E-state index in [1.165, 1.54) is 32.9 Å². The summed E-state index contributed by atoms with van der Waals surface area (Å²) in [6, 6.07) is 15.6. The van der Waals surface area contributed by atoms with Gasteiger partial charge in [0.15, 0.2) is 0 Å². The van der Waals surface area contributed by atoms with Crippen molar-refractivity contribution >= 4 is 69.3 Å². The molecule has 17 nitrogen and oxygen atoms in total. The van der Waals surface area contributed by atoms with Crippen LogP contribution in [0.3, 0.4) is 0 Å². The molecule has 2 aromatic heterocycles. The lowest BCUT2D eigenvalue weighted by Gasteiger charge is -2.38. The molecule has 1 aliphatic heterocycles. The first kappa shape index (κ1) is 37.4. The highest BCUT2D eigenvalue weighted by atomic mass is 35.5. The summed E-state index contributed by atoms with van der Waals surface area (Å²) in [5.74, 6) is -3.48. The molecule has 0 unspecified atom stereocenters. The Labute approximate surface area is 313 Å². The number of carboxylic acid groups (broad SMARTS) is 1. The van der Waals surface area contributed by atoms with E-state index in [1.807, 2.05) is 13.8 Å². The molecule has 280 valence electrons. The van der Waals surface area contributed by atoms with Crippen molar-refractivity contribution in [1.82, 2.24) is 35.4 Å². The van der Waals surface area contributed by atoms with Gasteiger partial charge in [0.05, 0.1) is 24.0 Å². The van der Waals surface area contributed by atoms with Gasteiger partial charge >= 0.3 is 23.8 Å². The first-order valence-corrected chi connectivity index (χ1v) is 17.4. The van der Waals surface area contributed by atoms with Crippen molar-refractivity contribution in [2.45, 2.75) is 38.8 Å². The molecule has 0 saturated carbocycles. The number of fused-ring (bicyclic) bond motifs is 1. The second kappa shape index (κ2) is 16.1. The number of anilines is 3. The number of aliphatic hydroxyl groups excluding tert-OH is 1. The van der Waals surface area contributed by atoms with Crippen LogP contribution in [0, 0.1) is 5.92 Å². The Morgan fingerprint density at radius 1 is 0.944 bits per heavy atom. The molecular weight excluding hydrogens is 720 g/mol. The number of nitrogens with zero attached hydrogens (tertiary/aromatic N) is 6. The van der Waals surface area contributed by atoms with Gasteiger partial charge in [0, 0.05) is 46.8 Å². The maximum atomic E-state index is 14.1. The number of aliphatic hydroxyl groups is 1. The molecular formula is C36H37ClN10O7. The van der Waals surface area contributed by atoms with Crippen LogP contribution in [0.1, 0.15) is 36.3 Å². The van der Waals surface area contributed by atoms with Gasteiger partial charge in [-0.1, -0.05) is 44.0 Å². The number of aromatic amines is 1. The number of carbonyl (C=O) groups excluding carboxylic acids is 4. The number of aromatic carboxylic acids is 1. The van der Waals surface area contributed by atoms with Crippen molar-refractivity contribution in [3.05, 3.63) is 89.3 Å². The number of rotatable bonds is 13. The van der Waals surface area contributed by atoms with E-state index in [-0.39, 0.29) is 37.7 Å². The number of aromatic nitrogens is 5. The second-order valence-electron chi connectivity index (χ2n) is 12.8.